The lowest BCUT2D eigenvalue weighted by Gasteiger charge is -2.38. The maximum Gasteiger partial charge on any atom is 0.411 e. The molecule has 0 radical (unpaired) electrons. The number of piperazine rings is 2. The number of rotatable bonds is 3. The van der Waals surface area contributed by atoms with Gasteiger partial charge >= 0.3 is 18.2 Å². The van der Waals surface area contributed by atoms with Gasteiger partial charge in [-0.1, -0.05) is 0 Å². The molecule has 0 unspecified atom stereocenters. The number of aliphatic carboxylic acids is 1. The molecule has 8 heterocycles. The van der Waals surface area contributed by atoms with E-state index in [4.69, 9.17) is 23.7 Å². The van der Waals surface area contributed by atoms with Crippen molar-refractivity contribution in [3.8, 4) is 0 Å². The summed E-state index contributed by atoms with van der Waals surface area (Å²) >= 11 is 0. The van der Waals surface area contributed by atoms with Crippen molar-refractivity contribution in [3.63, 3.8) is 0 Å². The molecule has 0 aromatic carbocycles. The highest BCUT2D eigenvalue weighted by Crippen LogP contribution is 2.38. The van der Waals surface area contributed by atoms with Crippen molar-refractivity contribution in [1.29, 1.82) is 0 Å². The second kappa shape index (κ2) is 21.1. The molecule has 0 saturated carbocycles. The van der Waals surface area contributed by atoms with Crippen LogP contribution in [0.1, 0.15) is 74.7 Å². The molecular formula is C43H70ClN7O13. The molecule has 6 amide bonds. The zero-order chi connectivity index (χ0) is 46.0. The Morgan fingerprint density at radius 2 is 0.922 bits per heavy atom. The van der Waals surface area contributed by atoms with Crippen LogP contribution >= 0.6 is 12.4 Å². The molecular weight excluding hydrogens is 858 g/mol. The number of fused-ring (bicyclic) bond motifs is 3. The van der Waals surface area contributed by atoms with Crippen molar-refractivity contribution < 1.29 is 62.4 Å². The minimum atomic E-state index is -0.977. The molecule has 8 rings (SSSR count). The number of nitrogens with one attached hydrogen (secondary N) is 1. The van der Waals surface area contributed by atoms with Gasteiger partial charge in [0, 0.05) is 90.0 Å². The summed E-state index contributed by atoms with van der Waals surface area (Å²) in [4.78, 5) is 94.5. The second-order valence-electron chi connectivity index (χ2n) is 19.9. The Bertz CT molecular complexity index is 1700. The molecule has 9 atom stereocenters. The third kappa shape index (κ3) is 12.3. The first kappa shape index (κ1) is 51.0. The highest BCUT2D eigenvalue weighted by atomic mass is 35.5. The lowest BCUT2D eigenvalue weighted by molar-refractivity contribution is -0.143. The van der Waals surface area contributed by atoms with Crippen molar-refractivity contribution in [2.24, 2.45) is 17.8 Å². The van der Waals surface area contributed by atoms with Crippen LogP contribution in [-0.2, 0) is 47.7 Å². The van der Waals surface area contributed by atoms with Crippen LogP contribution in [0.3, 0.4) is 0 Å². The first-order chi connectivity index (χ1) is 29.6. The maximum atomic E-state index is 13.1. The van der Waals surface area contributed by atoms with E-state index >= 15 is 0 Å². The largest absolute Gasteiger partial charge is 0.480 e. The number of likely N-dealkylation sites (tertiary alicyclic amines) is 2. The molecule has 0 aromatic heterocycles. The van der Waals surface area contributed by atoms with E-state index in [2.05, 4.69) is 5.32 Å². The molecule has 0 spiro atoms. The molecule has 2 N–H and O–H groups in total. The highest BCUT2D eigenvalue weighted by molar-refractivity contribution is 5.87. The molecule has 8 aliphatic rings. The Labute approximate surface area is 382 Å². The van der Waals surface area contributed by atoms with E-state index in [0.717, 1.165) is 19.6 Å². The van der Waals surface area contributed by atoms with E-state index in [1.54, 1.807) is 54.2 Å². The third-order valence-corrected chi connectivity index (χ3v) is 13.1. The van der Waals surface area contributed by atoms with Crippen molar-refractivity contribution in [2.45, 2.75) is 122 Å². The van der Waals surface area contributed by atoms with Gasteiger partial charge in [0.05, 0.1) is 57.8 Å². The second-order valence-corrected chi connectivity index (χ2v) is 19.9. The van der Waals surface area contributed by atoms with Crippen molar-refractivity contribution in [1.82, 2.24) is 34.7 Å². The Balaban J connectivity index is 0.000000183. The van der Waals surface area contributed by atoms with Gasteiger partial charge in [0.15, 0.2) is 0 Å². The predicted molar refractivity (Wildman–Crippen MR) is 231 cm³/mol. The Kier molecular flexibility index (Phi) is 16.8. The molecule has 0 bridgehead atoms. The van der Waals surface area contributed by atoms with Gasteiger partial charge in [0.1, 0.15) is 23.3 Å². The number of carboxylic acids is 1. The van der Waals surface area contributed by atoms with Gasteiger partial charge in [-0.05, 0) is 60.8 Å². The Morgan fingerprint density at radius 3 is 1.34 bits per heavy atom. The summed E-state index contributed by atoms with van der Waals surface area (Å²) in [7, 11) is 0. The number of hydrogen-bond donors (Lipinski definition) is 2. The Morgan fingerprint density at radius 1 is 0.531 bits per heavy atom. The molecule has 0 aromatic rings. The topological polar surface area (TPSA) is 217 Å². The maximum absolute atomic E-state index is 13.1. The fourth-order valence-electron chi connectivity index (χ4n) is 9.83. The van der Waals surface area contributed by atoms with Crippen molar-refractivity contribution >= 4 is 54.2 Å². The van der Waals surface area contributed by atoms with E-state index < -0.39 is 41.4 Å². The summed E-state index contributed by atoms with van der Waals surface area (Å²) in [6.07, 6.45) is 0.926. The van der Waals surface area contributed by atoms with Crippen LogP contribution in [0, 0.1) is 17.8 Å². The third-order valence-electron chi connectivity index (χ3n) is 13.1. The zero-order valence-corrected chi connectivity index (χ0v) is 39.5. The molecule has 64 heavy (non-hydrogen) atoms. The minimum absolute atomic E-state index is 0. The first-order valence-electron chi connectivity index (χ1n) is 22.4. The summed E-state index contributed by atoms with van der Waals surface area (Å²) in [6.45, 7) is 22.0. The van der Waals surface area contributed by atoms with Crippen molar-refractivity contribution in [2.75, 3.05) is 92.0 Å². The smallest absolute Gasteiger partial charge is 0.411 e. The molecule has 21 heteroatoms. The van der Waals surface area contributed by atoms with Crippen LogP contribution in [0.4, 0.5) is 9.59 Å². The number of ether oxygens (including phenoxy) is 5. The molecule has 362 valence electrons. The van der Waals surface area contributed by atoms with Gasteiger partial charge in [0.2, 0.25) is 23.6 Å². The SMILES string of the molecule is CC(=O)N1CCN(C(=O)[C@@H]2C[C@H]3COC[C@H]3N2)CC1.CC(=O)N1CCN(C(=O)[C@@H]2C[C@H]3COC[C@H]3N2C(=O)OC(C)(C)C)CC1.CC(C)(C)OC(=O)N1[C@@H]2COC[C@@H]2C[C@H]1C(=O)O.Cl. The number of halogens is 1. The van der Waals surface area contributed by atoms with Crippen LogP contribution in [0.25, 0.3) is 0 Å². The number of carbonyl (C=O) groups is 7. The van der Waals surface area contributed by atoms with E-state index in [0.29, 0.717) is 104 Å². The summed E-state index contributed by atoms with van der Waals surface area (Å²) in [5.74, 6) is 0.0696. The standard InChI is InChI=1S/C18H29N3O5.C13H21N3O3.C12H19NO5.ClH/c1-12(22)19-5-7-20(8-6-19)16(23)14-9-13-10-25-11-15(13)21(14)17(24)26-18(2,3)4;1-9(17)15-2-4-16(5-3-15)13(18)11-6-10-7-19-8-12(10)14-11;1-12(2,3)18-11(16)13-8(10(14)15)4-7-5-17-6-9(7)13;/h13-15H,5-11H2,1-4H3;10-12,14H,2-8H2,1H3;7-9H,4-6H2,1-3H3,(H,14,15);1H/t13-,14-,15+;10-,11-,12+;7-,8-,9+;/m000./s1. The van der Waals surface area contributed by atoms with Gasteiger partial charge < -0.3 is 53.7 Å². The van der Waals surface area contributed by atoms with Crippen LogP contribution < -0.4 is 5.32 Å². The minimum Gasteiger partial charge on any atom is -0.480 e. The first-order valence-corrected chi connectivity index (χ1v) is 22.4. The van der Waals surface area contributed by atoms with Crippen LogP contribution in [0.2, 0.25) is 0 Å². The molecule has 8 fully saturated rings. The normalized spacial score (nSPS) is 30.8. The molecule has 0 aliphatic carbocycles. The van der Waals surface area contributed by atoms with Gasteiger partial charge in [-0.25, -0.2) is 14.4 Å². The van der Waals surface area contributed by atoms with Gasteiger partial charge in [-0.3, -0.25) is 29.0 Å². The number of nitrogens with zero attached hydrogens (tertiary/aromatic N) is 6. The van der Waals surface area contributed by atoms with Gasteiger partial charge in [0.25, 0.3) is 0 Å². The van der Waals surface area contributed by atoms with Gasteiger partial charge in [-0.15, -0.1) is 12.4 Å². The molecule has 8 aliphatic heterocycles. The fraction of sp³-hybridized carbons (Fsp3) is 0.837. The van der Waals surface area contributed by atoms with Crippen LogP contribution in [-0.4, -0.2) is 216 Å². The highest BCUT2D eigenvalue weighted by Gasteiger charge is 2.53. The summed E-state index contributed by atoms with van der Waals surface area (Å²) in [5, 5.41) is 12.6. The average Bonchev–Trinajstić information content (AvgIpc) is 4.05. The summed E-state index contributed by atoms with van der Waals surface area (Å²) < 4.78 is 27.1. The lowest BCUT2D eigenvalue weighted by Crippen LogP contribution is -2.56. The van der Waals surface area contributed by atoms with Crippen LogP contribution in [0.15, 0.2) is 0 Å². The molecule has 8 saturated heterocycles. The molecule has 20 nitrogen and oxygen atoms in total. The van der Waals surface area contributed by atoms with Crippen molar-refractivity contribution in [3.05, 3.63) is 0 Å². The van der Waals surface area contributed by atoms with Crippen LogP contribution in [0.5, 0.6) is 0 Å². The zero-order valence-electron chi connectivity index (χ0n) is 38.7. The van der Waals surface area contributed by atoms with E-state index in [9.17, 15) is 38.7 Å². The lowest BCUT2D eigenvalue weighted by atomic mass is 10.0. The fourth-order valence-corrected chi connectivity index (χ4v) is 9.83. The number of carbonyl (C=O) groups excluding carboxylic acids is 6. The number of carboxylic acid groups (broad SMARTS) is 1. The number of amides is 6. The average molecular weight is 929 g/mol. The number of hydrogen-bond acceptors (Lipinski definition) is 13. The van der Waals surface area contributed by atoms with E-state index in [-0.39, 0.29) is 66.0 Å². The monoisotopic (exact) mass is 927 g/mol. The van der Waals surface area contributed by atoms with Gasteiger partial charge in [-0.2, -0.15) is 0 Å². The Hall–Kier alpha value is -3.98. The predicted octanol–water partition coefficient (Wildman–Crippen LogP) is 1.27. The summed E-state index contributed by atoms with van der Waals surface area (Å²) in [6, 6.07) is -1.26. The van der Waals surface area contributed by atoms with E-state index in [1.807, 2.05) is 25.7 Å². The van der Waals surface area contributed by atoms with E-state index in [1.165, 1.54) is 4.90 Å². The summed E-state index contributed by atoms with van der Waals surface area (Å²) in [5.41, 5.74) is -1.24. The quantitative estimate of drug-likeness (QED) is 0.408.